The van der Waals surface area contributed by atoms with E-state index in [2.05, 4.69) is 5.32 Å². The molecule has 132 valence electrons. The smallest absolute Gasteiger partial charge is 0.306 e. The number of amides is 1. The van der Waals surface area contributed by atoms with Crippen LogP contribution in [0, 0.1) is 5.82 Å². The highest BCUT2D eigenvalue weighted by Crippen LogP contribution is 2.09. The van der Waals surface area contributed by atoms with E-state index in [1.165, 1.54) is 12.1 Å². The van der Waals surface area contributed by atoms with Crippen LogP contribution in [0.2, 0.25) is 5.02 Å². The van der Waals surface area contributed by atoms with E-state index in [-0.39, 0.29) is 24.8 Å². The molecule has 0 spiro atoms. The Balaban J connectivity index is 1.59. The van der Waals surface area contributed by atoms with Crippen molar-refractivity contribution in [2.24, 2.45) is 0 Å². The van der Waals surface area contributed by atoms with Crippen molar-refractivity contribution in [1.29, 1.82) is 0 Å². The van der Waals surface area contributed by atoms with E-state index in [9.17, 15) is 14.0 Å². The van der Waals surface area contributed by atoms with Gasteiger partial charge in [0.25, 0.3) is 5.91 Å². The van der Waals surface area contributed by atoms with Gasteiger partial charge in [-0.05, 0) is 48.2 Å². The zero-order valence-corrected chi connectivity index (χ0v) is 14.4. The first-order valence-electron chi connectivity index (χ1n) is 7.94. The number of aryl methyl sites for hydroxylation is 1. The second-order valence-electron chi connectivity index (χ2n) is 5.51. The van der Waals surface area contributed by atoms with Crippen LogP contribution in [0.25, 0.3) is 0 Å². The summed E-state index contributed by atoms with van der Waals surface area (Å²) in [6, 6.07) is 13.3. The number of esters is 1. The number of carbonyl (C=O) groups is 2. The highest BCUT2D eigenvalue weighted by Gasteiger charge is 2.08. The summed E-state index contributed by atoms with van der Waals surface area (Å²) in [5.41, 5.74) is 1.90. The van der Waals surface area contributed by atoms with Crippen LogP contribution in [0.5, 0.6) is 0 Å². The van der Waals surface area contributed by atoms with Crippen molar-refractivity contribution >= 4 is 23.5 Å². The van der Waals surface area contributed by atoms with Gasteiger partial charge in [-0.3, -0.25) is 9.59 Å². The molecule has 0 fully saturated rings. The van der Waals surface area contributed by atoms with E-state index < -0.39 is 5.97 Å². The van der Waals surface area contributed by atoms with Crippen LogP contribution >= 0.6 is 11.6 Å². The predicted molar refractivity (Wildman–Crippen MR) is 93.8 cm³/mol. The van der Waals surface area contributed by atoms with E-state index in [0.29, 0.717) is 24.4 Å². The zero-order chi connectivity index (χ0) is 18.1. The molecule has 25 heavy (non-hydrogen) atoms. The topological polar surface area (TPSA) is 55.4 Å². The molecule has 0 saturated carbocycles. The number of hydrogen-bond acceptors (Lipinski definition) is 3. The lowest BCUT2D eigenvalue weighted by atomic mass is 10.1. The van der Waals surface area contributed by atoms with Crippen molar-refractivity contribution in [2.75, 3.05) is 13.2 Å². The zero-order valence-electron chi connectivity index (χ0n) is 13.6. The number of hydrogen-bond donors (Lipinski definition) is 1. The van der Waals surface area contributed by atoms with Crippen LogP contribution in [-0.2, 0) is 27.2 Å². The van der Waals surface area contributed by atoms with E-state index in [1.807, 2.05) is 12.1 Å². The van der Waals surface area contributed by atoms with Gasteiger partial charge in [0.1, 0.15) is 5.82 Å². The molecule has 0 saturated heterocycles. The summed E-state index contributed by atoms with van der Waals surface area (Å²) in [6.07, 6.45) is 1.25. The van der Waals surface area contributed by atoms with Crippen molar-refractivity contribution in [1.82, 2.24) is 5.32 Å². The number of halogens is 2. The van der Waals surface area contributed by atoms with Gasteiger partial charge in [-0.15, -0.1) is 0 Å². The monoisotopic (exact) mass is 363 g/mol. The fourth-order valence-electron chi connectivity index (χ4n) is 2.16. The SMILES string of the molecule is O=C(COC(=O)CCc1ccc(F)cc1)NCCc1ccc(Cl)cc1. The van der Waals surface area contributed by atoms with Gasteiger partial charge in [-0.1, -0.05) is 35.9 Å². The van der Waals surface area contributed by atoms with Gasteiger partial charge in [-0.25, -0.2) is 4.39 Å². The van der Waals surface area contributed by atoms with Crippen molar-refractivity contribution in [3.8, 4) is 0 Å². The standard InChI is InChI=1S/C19H19ClFNO3/c20-16-6-1-15(2-7-16)11-12-22-18(23)13-25-19(24)10-5-14-3-8-17(21)9-4-14/h1-4,6-9H,5,10-13H2,(H,22,23). The van der Waals surface area contributed by atoms with E-state index in [4.69, 9.17) is 16.3 Å². The molecule has 0 aliphatic rings. The third kappa shape index (κ3) is 7.35. The van der Waals surface area contributed by atoms with Gasteiger partial charge in [-0.2, -0.15) is 0 Å². The summed E-state index contributed by atoms with van der Waals surface area (Å²) < 4.78 is 17.7. The van der Waals surface area contributed by atoms with Gasteiger partial charge in [0.15, 0.2) is 6.61 Å². The molecule has 2 rings (SSSR count). The van der Waals surface area contributed by atoms with Gasteiger partial charge >= 0.3 is 5.97 Å². The Morgan fingerprint density at radius 3 is 2.24 bits per heavy atom. The molecular formula is C19H19ClFNO3. The summed E-state index contributed by atoms with van der Waals surface area (Å²) in [5, 5.41) is 3.36. The lowest BCUT2D eigenvalue weighted by Crippen LogP contribution is -2.30. The van der Waals surface area contributed by atoms with E-state index in [1.54, 1.807) is 24.3 Å². The summed E-state index contributed by atoms with van der Waals surface area (Å²) in [5.74, 6) is -1.12. The summed E-state index contributed by atoms with van der Waals surface area (Å²) in [4.78, 5) is 23.3. The first kappa shape index (κ1) is 18.9. The van der Waals surface area contributed by atoms with Crippen molar-refractivity contribution in [3.63, 3.8) is 0 Å². The van der Waals surface area contributed by atoms with Crippen LogP contribution in [-0.4, -0.2) is 25.0 Å². The molecule has 0 aromatic heterocycles. The van der Waals surface area contributed by atoms with E-state index in [0.717, 1.165) is 11.1 Å². The first-order valence-corrected chi connectivity index (χ1v) is 8.32. The van der Waals surface area contributed by atoms with Crippen LogP contribution in [0.3, 0.4) is 0 Å². The minimum Gasteiger partial charge on any atom is -0.456 e. The Morgan fingerprint density at radius 1 is 0.960 bits per heavy atom. The van der Waals surface area contributed by atoms with Gasteiger partial charge in [0.05, 0.1) is 0 Å². The molecule has 0 aliphatic heterocycles. The maximum atomic E-state index is 12.8. The van der Waals surface area contributed by atoms with Gasteiger partial charge in [0, 0.05) is 18.0 Å². The Hall–Kier alpha value is -2.40. The molecule has 1 amide bonds. The van der Waals surface area contributed by atoms with E-state index >= 15 is 0 Å². The Kier molecular flexibility index (Phi) is 7.41. The van der Waals surface area contributed by atoms with Crippen molar-refractivity contribution < 1.29 is 18.7 Å². The molecule has 0 atom stereocenters. The lowest BCUT2D eigenvalue weighted by molar-refractivity contribution is -0.148. The second kappa shape index (κ2) is 9.79. The minimum absolute atomic E-state index is 0.143. The van der Waals surface area contributed by atoms with Gasteiger partial charge in [0.2, 0.25) is 0 Å². The number of nitrogens with one attached hydrogen (secondary N) is 1. The fraction of sp³-hybridized carbons (Fsp3) is 0.263. The Labute approximate surface area is 150 Å². The lowest BCUT2D eigenvalue weighted by Gasteiger charge is -2.07. The first-order chi connectivity index (χ1) is 12.0. The minimum atomic E-state index is -0.461. The summed E-state index contributed by atoms with van der Waals surface area (Å²) >= 11 is 5.80. The molecule has 2 aromatic carbocycles. The number of rotatable bonds is 8. The normalized spacial score (nSPS) is 10.3. The van der Waals surface area contributed by atoms with Crippen LogP contribution in [0.4, 0.5) is 4.39 Å². The molecule has 0 bridgehead atoms. The molecular weight excluding hydrogens is 345 g/mol. The molecule has 0 unspecified atom stereocenters. The number of ether oxygens (including phenoxy) is 1. The fourth-order valence-corrected chi connectivity index (χ4v) is 2.29. The van der Waals surface area contributed by atoms with Crippen LogP contribution < -0.4 is 5.32 Å². The van der Waals surface area contributed by atoms with Gasteiger partial charge < -0.3 is 10.1 Å². The molecule has 0 heterocycles. The summed E-state index contributed by atoms with van der Waals surface area (Å²) in [7, 11) is 0. The van der Waals surface area contributed by atoms with Crippen LogP contribution in [0.1, 0.15) is 17.5 Å². The number of carbonyl (C=O) groups excluding carboxylic acids is 2. The number of benzene rings is 2. The van der Waals surface area contributed by atoms with Crippen LogP contribution in [0.15, 0.2) is 48.5 Å². The third-order valence-corrected chi connectivity index (χ3v) is 3.80. The molecule has 4 nitrogen and oxygen atoms in total. The third-order valence-electron chi connectivity index (χ3n) is 3.54. The molecule has 0 radical (unpaired) electrons. The highest BCUT2D eigenvalue weighted by molar-refractivity contribution is 6.30. The second-order valence-corrected chi connectivity index (χ2v) is 5.95. The molecule has 6 heteroatoms. The quantitative estimate of drug-likeness (QED) is 0.732. The molecule has 1 N–H and O–H groups in total. The average molecular weight is 364 g/mol. The Morgan fingerprint density at radius 2 is 1.56 bits per heavy atom. The average Bonchev–Trinajstić information content (AvgIpc) is 2.61. The maximum absolute atomic E-state index is 12.8. The largest absolute Gasteiger partial charge is 0.456 e. The summed E-state index contributed by atoms with van der Waals surface area (Å²) in [6.45, 7) is 0.149. The van der Waals surface area contributed by atoms with Crippen molar-refractivity contribution in [2.45, 2.75) is 19.3 Å². The maximum Gasteiger partial charge on any atom is 0.306 e. The van der Waals surface area contributed by atoms with Crippen molar-refractivity contribution in [3.05, 3.63) is 70.5 Å². The molecule has 2 aromatic rings. The predicted octanol–water partition coefficient (Wildman–Crippen LogP) is 3.31. The Bertz CT molecular complexity index is 702. The molecule has 0 aliphatic carbocycles. The highest BCUT2D eigenvalue weighted by atomic mass is 35.5.